The second-order valence-electron chi connectivity index (χ2n) is 5.09. The fourth-order valence-corrected chi connectivity index (χ4v) is 2.33. The summed E-state index contributed by atoms with van der Waals surface area (Å²) in [6.45, 7) is 8.88. The Morgan fingerprint density at radius 1 is 1.50 bits per heavy atom. The van der Waals surface area contributed by atoms with E-state index in [4.69, 9.17) is 9.26 Å². The molecule has 0 bridgehead atoms. The Morgan fingerprint density at radius 2 is 2.33 bits per heavy atom. The molecule has 5 heteroatoms. The summed E-state index contributed by atoms with van der Waals surface area (Å²) in [5, 5.41) is 7.43. The Kier molecular flexibility index (Phi) is 4.35. The van der Waals surface area contributed by atoms with E-state index in [0.717, 1.165) is 31.8 Å². The minimum atomic E-state index is -0.426. The first-order valence-corrected chi connectivity index (χ1v) is 6.85. The van der Waals surface area contributed by atoms with Crippen molar-refractivity contribution in [3.8, 4) is 0 Å². The van der Waals surface area contributed by atoms with Crippen molar-refractivity contribution in [2.45, 2.75) is 45.6 Å². The Morgan fingerprint density at radius 3 is 2.94 bits per heavy atom. The second-order valence-corrected chi connectivity index (χ2v) is 5.09. The van der Waals surface area contributed by atoms with E-state index in [2.05, 4.69) is 22.4 Å². The normalized spacial score (nSPS) is 23.2. The molecule has 1 fully saturated rings. The molecule has 2 atom stereocenters. The molecule has 0 aromatic carbocycles. The van der Waals surface area contributed by atoms with Crippen LogP contribution in [0.4, 0.5) is 0 Å². The van der Waals surface area contributed by atoms with Crippen LogP contribution >= 0.6 is 0 Å². The summed E-state index contributed by atoms with van der Waals surface area (Å²) < 4.78 is 11.1. The fourth-order valence-electron chi connectivity index (χ4n) is 2.33. The topological polar surface area (TPSA) is 60.2 Å². The molecular weight excluding hydrogens is 230 g/mol. The first-order valence-electron chi connectivity index (χ1n) is 6.85. The summed E-state index contributed by atoms with van der Waals surface area (Å²) in [7, 11) is 0. The third-order valence-corrected chi connectivity index (χ3v) is 3.70. The van der Waals surface area contributed by atoms with Crippen molar-refractivity contribution in [3.05, 3.63) is 11.7 Å². The van der Waals surface area contributed by atoms with Gasteiger partial charge in [0, 0.05) is 13.0 Å². The molecule has 102 valence electrons. The number of nitrogens with zero attached hydrogens (tertiary/aromatic N) is 2. The summed E-state index contributed by atoms with van der Waals surface area (Å²) in [4.78, 5) is 4.50. The van der Waals surface area contributed by atoms with Gasteiger partial charge in [0.1, 0.15) is 5.60 Å². The minimum Gasteiger partial charge on any atom is -0.367 e. The minimum absolute atomic E-state index is 0.426. The molecule has 0 amide bonds. The third kappa shape index (κ3) is 2.90. The van der Waals surface area contributed by atoms with Gasteiger partial charge in [-0.2, -0.15) is 4.98 Å². The fraction of sp³-hybridized carbons (Fsp3) is 0.846. The highest BCUT2D eigenvalue weighted by atomic mass is 16.5. The highest BCUT2D eigenvalue weighted by Gasteiger charge is 2.31. The van der Waals surface area contributed by atoms with E-state index in [0.29, 0.717) is 18.3 Å². The third-order valence-electron chi connectivity index (χ3n) is 3.70. The van der Waals surface area contributed by atoms with Gasteiger partial charge in [-0.15, -0.1) is 0 Å². The highest BCUT2D eigenvalue weighted by molar-refractivity contribution is 5.00. The maximum absolute atomic E-state index is 5.75. The molecule has 1 aliphatic rings. The Balaban J connectivity index is 2.03. The molecule has 2 heterocycles. The molecule has 1 aliphatic heterocycles. The first-order chi connectivity index (χ1) is 8.68. The lowest BCUT2D eigenvalue weighted by Gasteiger charge is -2.23. The molecule has 1 aromatic rings. The Labute approximate surface area is 108 Å². The van der Waals surface area contributed by atoms with E-state index < -0.39 is 5.60 Å². The summed E-state index contributed by atoms with van der Waals surface area (Å²) in [5.41, 5.74) is -0.426. The molecule has 18 heavy (non-hydrogen) atoms. The van der Waals surface area contributed by atoms with E-state index in [1.807, 2.05) is 13.8 Å². The molecule has 0 aliphatic carbocycles. The van der Waals surface area contributed by atoms with Crippen LogP contribution in [-0.2, 0) is 16.8 Å². The largest absolute Gasteiger partial charge is 0.367 e. The van der Waals surface area contributed by atoms with Crippen molar-refractivity contribution in [3.63, 3.8) is 0 Å². The van der Waals surface area contributed by atoms with Gasteiger partial charge >= 0.3 is 0 Å². The van der Waals surface area contributed by atoms with E-state index in [1.54, 1.807) is 0 Å². The van der Waals surface area contributed by atoms with Gasteiger partial charge < -0.3 is 14.6 Å². The molecule has 0 radical (unpaired) electrons. The van der Waals surface area contributed by atoms with Gasteiger partial charge in [-0.1, -0.05) is 12.1 Å². The number of nitrogens with one attached hydrogen (secondary N) is 1. The monoisotopic (exact) mass is 253 g/mol. The molecule has 1 saturated heterocycles. The van der Waals surface area contributed by atoms with Crippen LogP contribution in [0.2, 0.25) is 0 Å². The summed E-state index contributed by atoms with van der Waals surface area (Å²) in [6, 6.07) is 0. The molecular formula is C13H23N3O2. The van der Waals surface area contributed by atoms with Gasteiger partial charge in [0.2, 0.25) is 11.7 Å². The lowest BCUT2D eigenvalue weighted by Crippen LogP contribution is -2.26. The first kappa shape index (κ1) is 13.5. The predicted molar refractivity (Wildman–Crippen MR) is 68.2 cm³/mol. The van der Waals surface area contributed by atoms with E-state index >= 15 is 0 Å². The lowest BCUT2D eigenvalue weighted by atomic mass is 10.0. The van der Waals surface area contributed by atoms with Crippen LogP contribution in [0, 0.1) is 5.92 Å². The van der Waals surface area contributed by atoms with Crippen LogP contribution in [0.15, 0.2) is 4.52 Å². The van der Waals surface area contributed by atoms with Crippen molar-refractivity contribution in [1.29, 1.82) is 0 Å². The van der Waals surface area contributed by atoms with Crippen LogP contribution in [0.25, 0.3) is 0 Å². The van der Waals surface area contributed by atoms with E-state index in [1.165, 1.54) is 6.42 Å². The van der Waals surface area contributed by atoms with Gasteiger partial charge in [-0.25, -0.2) is 0 Å². The standard InChI is InChI=1S/C13H23N3O2/c1-4-13(3,17-5-2)12-15-11(18-16-12)8-10-6-7-14-9-10/h10,14H,4-9H2,1-3H3. The average molecular weight is 253 g/mol. The van der Waals surface area contributed by atoms with Crippen molar-refractivity contribution in [1.82, 2.24) is 15.5 Å². The van der Waals surface area contributed by atoms with Crippen molar-refractivity contribution in [2.24, 2.45) is 5.92 Å². The summed E-state index contributed by atoms with van der Waals surface area (Å²) in [6.07, 6.45) is 2.89. The van der Waals surface area contributed by atoms with Crippen LogP contribution < -0.4 is 5.32 Å². The number of ether oxygens (including phenoxy) is 1. The predicted octanol–water partition coefficient (Wildman–Crippen LogP) is 1.88. The molecule has 5 nitrogen and oxygen atoms in total. The van der Waals surface area contributed by atoms with Crippen LogP contribution in [0.1, 0.15) is 45.3 Å². The SMILES string of the molecule is CCOC(C)(CC)c1noc(CC2CCNC2)n1. The smallest absolute Gasteiger partial charge is 0.227 e. The molecule has 0 saturated carbocycles. The van der Waals surface area contributed by atoms with Crippen molar-refractivity contribution >= 4 is 0 Å². The second kappa shape index (κ2) is 5.80. The maximum atomic E-state index is 5.75. The Hall–Kier alpha value is -0.940. The molecule has 2 unspecified atom stereocenters. The van der Waals surface area contributed by atoms with Crippen LogP contribution in [-0.4, -0.2) is 29.8 Å². The number of hydrogen-bond acceptors (Lipinski definition) is 5. The van der Waals surface area contributed by atoms with Gasteiger partial charge in [0.15, 0.2) is 0 Å². The van der Waals surface area contributed by atoms with Gasteiger partial charge in [0.25, 0.3) is 0 Å². The van der Waals surface area contributed by atoms with Crippen LogP contribution in [0.3, 0.4) is 0 Å². The summed E-state index contributed by atoms with van der Waals surface area (Å²) in [5.74, 6) is 2.03. The zero-order chi connectivity index (χ0) is 13.0. The van der Waals surface area contributed by atoms with E-state index in [9.17, 15) is 0 Å². The molecule has 1 aromatic heterocycles. The molecule has 2 rings (SSSR count). The van der Waals surface area contributed by atoms with Crippen molar-refractivity contribution < 1.29 is 9.26 Å². The molecule has 1 N–H and O–H groups in total. The zero-order valence-electron chi connectivity index (χ0n) is 11.5. The molecule has 0 spiro atoms. The maximum Gasteiger partial charge on any atom is 0.227 e. The zero-order valence-corrected chi connectivity index (χ0v) is 11.5. The van der Waals surface area contributed by atoms with E-state index in [-0.39, 0.29) is 0 Å². The van der Waals surface area contributed by atoms with Gasteiger partial charge in [-0.3, -0.25) is 0 Å². The van der Waals surface area contributed by atoms with Gasteiger partial charge in [0.05, 0.1) is 0 Å². The Bertz CT molecular complexity index is 374. The van der Waals surface area contributed by atoms with Crippen molar-refractivity contribution in [2.75, 3.05) is 19.7 Å². The number of hydrogen-bond donors (Lipinski definition) is 1. The quantitative estimate of drug-likeness (QED) is 0.839. The van der Waals surface area contributed by atoms with Gasteiger partial charge in [-0.05, 0) is 45.7 Å². The highest BCUT2D eigenvalue weighted by Crippen LogP contribution is 2.27. The number of rotatable bonds is 6. The lowest BCUT2D eigenvalue weighted by molar-refractivity contribution is -0.0403. The van der Waals surface area contributed by atoms with Crippen LogP contribution in [0.5, 0.6) is 0 Å². The number of aromatic nitrogens is 2. The average Bonchev–Trinajstić information content (AvgIpc) is 3.01. The summed E-state index contributed by atoms with van der Waals surface area (Å²) >= 11 is 0.